The van der Waals surface area contributed by atoms with E-state index < -0.39 is 5.97 Å². The molecule has 0 spiro atoms. The first kappa shape index (κ1) is 19.4. The maximum Gasteiger partial charge on any atom is 0.308 e. The third-order valence-electron chi connectivity index (χ3n) is 4.17. The summed E-state index contributed by atoms with van der Waals surface area (Å²) in [7, 11) is 0. The molecule has 0 radical (unpaired) electrons. The van der Waals surface area contributed by atoms with Crippen molar-refractivity contribution in [2.75, 3.05) is 11.6 Å². The highest BCUT2D eigenvalue weighted by Gasteiger charge is 2.28. The number of ether oxygens (including phenoxy) is 2. The van der Waals surface area contributed by atoms with E-state index in [1.165, 1.54) is 11.9 Å². The topological polar surface area (TPSA) is 68.2 Å². The first-order valence-corrected chi connectivity index (χ1v) is 9.02. The van der Waals surface area contributed by atoms with Crippen LogP contribution in [0.25, 0.3) is 6.08 Å². The molecule has 0 saturated carbocycles. The Balaban J connectivity index is 1.91. The molecule has 1 heterocycles. The number of hydrazone groups is 1. The van der Waals surface area contributed by atoms with Gasteiger partial charge in [-0.15, -0.1) is 0 Å². The van der Waals surface area contributed by atoms with Crippen LogP contribution in [-0.4, -0.2) is 24.2 Å². The van der Waals surface area contributed by atoms with Crippen molar-refractivity contribution in [1.29, 1.82) is 0 Å². The standard InChI is InChI=1S/C22H22N2O4/c1-5-27-21-13-17(8-11-20(21)28-16(4)25)12-19-15(3)23-24(22(19)26)18-9-6-14(2)7-10-18/h6-13H,5H2,1-4H3/b19-12-. The Morgan fingerprint density at radius 1 is 1.11 bits per heavy atom. The van der Waals surface area contributed by atoms with Gasteiger partial charge in [0.1, 0.15) is 0 Å². The van der Waals surface area contributed by atoms with Crippen molar-refractivity contribution < 1.29 is 19.1 Å². The highest BCUT2D eigenvalue weighted by molar-refractivity contribution is 6.32. The zero-order valence-corrected chi connectivity index (χ0v) is 16.4. The van der Waals surface area contributed by atoms with Crippen molar-refractivity contribution in [2.24, 2.45) is 5.10 Å². The number of nitrogens with zero attached hydrogens (tertiary/aromatic N) is 2. The molecule has 1 aliphatic rings. The molecule has 0 fully saturated rings. The number of anilines is 1. The summed E-state index contributed by atoms with van der Waals surface area (Å²) in [5.74, 6) is 0.182. The molecule has 0 bridgehead atoms. The molecule has 0 N–H and O–H groups in total. The van der Waals surface area contributed by atoms with Crippen LogP contribution in [0.3, 0.4) is 0 Å². The van der Waals surface area contributed by atoms with Crippen LogP contribution in [-0.2, 0) is 9.59 Å². The fourth-order valence-electron chi connectivity index (χ4n) is 2.83. The number of esters is 1. The molecule has 6 nitrogen and oxygen atoms in total. The highest BCUT2D eigenvalue weighted by Crippen LogP contribution is 2.31. The molecule has 0 atom stereocenters. The summed E-state index contributed by atoms with van der Waals surface area (Å²) in [6.45, 7) is 7.40. The lowest BCUT2D eigenvalue weighted by Gasteiger charge is -2.12. The van der Waals surface area contributed by atoms with Gasteiger partial charge in [0.05, 0.1) is 23.6 Å². The van der Waals surface area contributed by atoms with Crippen molar-refractivity contribution in [3.63, 3.8) is 0 Å². The van der Waals surface area contributed by atoms with Gasteiger partial charge in [0.25, 0.3) is 5.91 Å². The van der Waals surface area contributed by atoms with Crippen LogP contribution < -0.4 is 14.5 Å². The van der Waals surface area contributed by atoms with Crippen molar-refractivity contribution in [1.82, 2.24) is 0 Å². The summed E-state index contributed by atoms with van der Waals surface area (Å²) in [6, 6.07) is 12.8. The van der Waals surface area contributed by atoms with Crippen molar-refractivity contribution in [3.05, 3.63) is 59.2 Å². The van der Waals surface area contributed by atoms with E-state index in [4.69, 9.17) is 9.47 Å². The molecule has 2 aromatic rings. The zero-order valence-electron chi connectivity index (χ0n) is 16.4. The first-order chi connectivity index (χ1) is 13.4. The summed E-state index contributed by atoms with van der Waals surface area (Å²) in [5, 5.41) is 5.79. The van der Waals surface area contributed by atoms with E-state index in [2.05, 4.69) is 5.10 Å². The number of rotatable bonds is 5. The summed E-state index contributed by atoms with van der Waals surface area (Å²) >= 11 is 0. The minimum atomic E-state index is -0.422. The number of hydrogen-bond donors (Lipinski definition) is 0. The van der Waals surface area contributed by atoms with Crippen LogP contribution in [0.1, 0.15) is 31.9 Å². The SMILES string of the molecule is CCOc1cc(/C=C2\C(=O)N(c3ccc(C)cc3)N=C2C)ccc1OC(C)=O. The molecule has 0 unspecified atom stereocenters. The lowest BCUT2D eigenvalue weighted by molar-refractivity contribution is -0.132. The minimum absolute atomic E-state index is 0.191. The third-order valence-corrected chi connectivity index (χ3v) is 4.17. The van der Waals surface area contributed by atoms with Crippen LogP contribution >= 0.6 is 0 Å². The van der Waals surface area contributed by atoms with E-state index in [1.807, 2.05) is 38.1 Å². The molecule has 3 rings (SSSR count). The van der Waals surface area contributed by atoms with E-state index in [0.29, 0.717) is 29.4 Å². The van der Waals surface area contributed by atoms with Crippen LogP contribution in [0.5, 0.6) is 11.5 Å². The second kappa shape index (κ2) is 8.08. The monoisotopic (exact) mass is 378 g/mol. The zero-order chi connectivity index (χ0) is 20.3. The average molecular weight is 378 g/mol. The molecular formula is C22H22N2O4. The predicted octanol–water partition coefficient (Wildman–Crippen LogP) is 4.13. The lowest BCUT2D eigenvalue weighted by Crippen LogP contribution is -2.21. The van der Waals surface area contributed by atoms with Gasteiger partial charge >= 0.3 is 5.97 Å². The number of benzene rings is 2. The van der Waals surface area contributed by atoms with Gasteiger partial charge in [0, 0.05) is 6.92 Å². The smallest absolute Gasteiger partial charge is 0.308 e. The normalized spacial score (nSPS) is 15.0. The second-order valence-electron chi connectivity index (χ2n) is 6.43. The molecule has 1 amide bonds. The van der Waals surface area contributed by atoms with Gasteiger partial charge < -0.3 is 9.47 Å². The van der Waals surface area contributed by atoms with Gasteiger partial charge in [-0.2, -0.15) is 10.1 Å². The summed E-state index contributed by atoms with van der Waals surface area (Å²) in [4.78, 5) is 24.1. The van der Waals surface area contributed by atoms with E-state index in [9.17, 15) is 9.59 Å². The number of carbonyl (C=O) groups excluding carboxylic acids is 2. The van der Waals surface area contributed by atoms with E-state index in [1.54, 1.807) is 31.2 Å². The maximum atomic E-state index is 12.9. The Kier molecular flexibility index (Phi) is 5.59. The number of aryl methyl sites for hydroxylation is 1. The second-order valence-corrected chi connectivity index (χ2v) is 6.43. The summed E-state index contributed by atoms with van der Waals surface area (Å²) in [5.41, 5.74) is 3.72. The maximum absolute atomic E-state index is 12.9. The molecule has 144 valence electrons. The molecule has 0 aromatic heterocycles. The third kappa shape index (κ3) is 4.11. The number of amides is 1. The minimum Gasteiger partial charge on any atom is -0.490 e. The van der Waals surface area contributed by atoms with Crippen molar-refractivity contribution in [2.45, 2.75) is 27.7 Å². The Hall–Kier alpha value is -3.41. The van der Waals surface area contributed by atoms with Gasteiger partial charge in [-0.3, -0.25) is 9.59 Å². The highest BCUT2D eigenvalue weighted by atomic mass is 16.6. The van der Waals surface area contributed by atoms with Crippen molar-refractivity contribution >= 4 is 29.4 Å². The Bertz CT molecular complexity index is 975. The number of carbonyl (C=O) groups is 2. The van der Waals surface area contributed by atoms with Crippen LogP contribution in [0.15, 0.2) is 53.1 Å². The van der Waals surface area contributed by atoms with Crippen LogP contribution in [0, 0.1) is 6.92 Å². The van der Waals surface area contributed by atoms with Crippen LogP contribution in [0.2, 0.25) is 0 Å². The molecule has 28 heavy (non-hydrogen) atoms. The fourth-order valence-corrected chi connectivity index (χ4v) is 2.83. The predicted molar refractivity (Wildman–Crippen MR) is 109 cm³/mol. The molecule has 2 aromatic carbocycles. The van der Waals surface area contributed by atoms with Crippen LogP contribution in [0.4, 0.5) is 5.69 Å². The Labute approximate surface area is 164 Å². The molecular weight excluding hydrogens is 356 g/mol. The van der Waals surface area contributed by atoms with Gasteiger partial charge in [-0.1, -0.05) is 23.8 Å². The Morgan fingerprint density at radius 2 is 1.82 bits per heavy atom. The molecule has 0 aliphatic carbocycles. The summed E-state index contributed by atoms with van der Waals surface area (Å²) in [6.07, 6.45) is 1.76. The van der Waals surface area contributed by atoms with Gasteiger partial charge in [-0.05, 0) is 56.7 Å². The summed E-state index contributed by atoms with van der Waals surface area (Å²) < 4.78 is 10.7. The van der Waals surface area contributed by atoms with Gasteiger partial charge in [0.15, 0.2) is 11.5 Å². The molecule has 6 heteroatoms. The lowest BCUT2D eigenvalue weighted by atomic mass is 10.1. The van der Waals surface area contributed by atoms with E-state index >= 15 is 0 Å². The quantitative estimate of drug-likeness (QED) is 0.446. The largest absolute Gasteiger partial charge is 0.490 e. The first-order valence-electron chi connectivity index (χ1n) is 9.02. The van der Waals surface area contributed by atoms with E-state index in [0.717, 1.165) is 16.8 Å². The fraction of sp³-hybridized carbons (Fsp3) is 0.227. The van der Waals surface area contributed by atoms with E-state index in [-0.39, 0.29) is 5.91 Å². The van der Waals surface area contributed by atoms with Gasteiger partial charge in [0.2, 0.25) is 0 Å². The van der Waals surface area contributed by atoms with Gasteiger partial charge in [-0.25, -0.2) is 0 Å². The molecule has 1 aliphatic heterocycles. The number of hydrogen-bond acceptors (Lipinski definition) is 5. The Morgan fingerprint density at radius 3 is 2.46 bits per heavy atom. The molecule has 0 saturated heterocycles. The van der Waals surface area contributed by atoms with Crippen molar-refractivity contribution in [3.8, 4) is 11.5 Å². The average Bonchev–Trinajstić information content (AvgIpc) is 2.92.